The highest BCUT2D eigenvalue weighted by Crippen LogP contribution is 2.27. The zero-order valence-electron chi connectivity index (χ0n) is 11.1. The summed E-state index contributed by atoms with van der Waals surface area (Å²) in [6.07, 6.45) is 1.29. The minimum Gasteiger partial charge on any atom is -0.496 e. The molecule has 102 valence electrons. The van der Waals surface area contributed by atoms with Gasteiger partial charge in [-0.05, 0) is 18.9 Å². The number of nitrogens with one attached hydrogen (secondary N) is 1. The molecule has 18 heavy (non-hydrogen) atoms. The summed E-state index contributed by atoms with van der Waals surface area (Å²) in [6, 6.07) is 7.25. The number of rotatable bonds is 7. The van der Waals surface area contributed by atoms with Gasteiger partial charge in [0, 0.05) is 5.56 Å². The van der Waals surface area contributed by atoms with Gasteiger partial charge in [-0.15, -0.1) is 0 Å². The van der Waals surface area contributed by atoms with Crippen LogP contribution in [0.3, 0.4) is 0 Å². The lowest BCUT2D eigenvalue weighted by Gasteiger charge is -2.19. The van der Waals surface area contributed by atoms with Crippen molar-refractivity contribution in [3.05, 3.63) is 29.8 Å². The van der Waals surface area contributed by atoms with Crippen LogP contribution in [0.25, 0.3) is 0 Å². The van der Waals surface area contributed by atoms with Gasteiger partial charge in [-0.25, -0.2) is 13.1 Å². The number of methoxy groups -OCH3 is 1. The van der Waals surface area contributed by atoms with Crippen LogP contribution in [0, 0.1) is 0 Å². The largest absolute Gasteiger partial charge is 0.496 e. The number of sulfonamides is 1. The lowest BCUT2D eigenvalue weighted by atomic mass is 10.0. The molecule has 0 amide bonds. The fourth-order valence-electron chi connectivity index (χ4n) is 1.87. The predicted octanol–water partition coefficient (Wildman–Crippen LogP) is 2.48. The second kappa shape index (κ2) is 6.75. The van der Waals surface area contributed by atoms with Crippen molar-refractivity contribution in [2.75, 3.05) is 12.9 Å². The van der Waals surface area contributed by atoms with Gasteiger partial charge in [0.15, 0.2) is 0 Å². The average molecular weight is 271 g/mol. The summed E-state index contributed by atoms with van der Waals surface area (Å²) in [5.74, 6) is 0.863. The molecule has 0 aromatic heterocycles. The van der Waals surface area contributed by atoms with Crippen molar-refractivity contribution in [3.63, 3.8) is 0 Å². The maximum absolute atomic E-state index is 11.8. The fraction of sp³-hybridized carbons (Fsp3) is 0.538. The van der Waals surface area contributed by atoms with E-state index >= 15 is 0 Å². The summed E-state index contributed by atoms with van der Waals surface area (Å²) in [5.41, 5.74) is 0.877. The Hall–Kier alpha value is -1.07. The molecule has 0 fully saturated rings. The number of para-hydroxylation sites is 1. The van der Waals surface area contributed by atoms with Crippen LogP contribution >= 0.6 is 0 Å². The lowest BCUT2D eigenvalue weighted by molar-refractivity contribution is 0.402. The fourth-order valence-corrected chi connectivity index (χ4v) is 3.25. The zero-order valence-corrected chi connectivity index (χ0v) is 12.0. The third kappa shape index (κ3) is 3.99. The number of hydrogen-bond acceptors (Lipinski definition) is 3. The summed E-state index contributed by atoms with van der Waals surface area (Å²) in [6.45, 7) is 3.80. The van der Waals surface area contributed by atoms with E-state index in [4.69, 9.17) is 4.74 Å². The first kappa shape index (κ1) is 15.0. The van der Waals surface area contributed by atoms with Crippen molar-refractivity contribution in [2.24, 2.45) is 0 Å². The van der Waals surface area contributed by atoms with Crippen molar-refractivity contribution in [1.29, 1.82) is 0 Å². The number of hydrogen-bond donors (Lipinski definition) is 1. The van der Waals surface area contributed by atoms with Gasteiger partial charge < -0.3 is 4.74 Å². The average Bonchev–Trinajstić information content (AvgIpc) is 2.36. The molecular weight excluding hydrogens is 250 g/mol. The SMILES string of the molecule is CCCS(=O)(=O)NC(CC)c1ccccc1OC. The lowest BCUT2D eigenvalue weighted by Crippen LogP contribution is -2.30. The molecule has 1 aromatic rings. The maximum Gasteiger partial charge on any atom is 0.212 e. The quantitative estimate of drug-likeness (QED) is 0.829. The van der Waals surface area contributed by atoms with Crippen LogP contribution in [0.2, 0.25) is 0 Å². The van der Waals surface area contributed by atoms with Gasteiger partial charge in [0.1, 0.15) is 5.75 Å². The molecular formula is C13H21NO3S. The topological polar surface area (TPSA) is 55.4 Å². The predicted molar refractivity (Wildman–Crippen MR) is 73.2 cm³/mol. The molecule has 0 radical (unpaired) electrons. The van der Waals surface area contributed by atoms with Crippen molar-refractivity contribution in [2.45, 2.75) is 32.7 Å². The van der Waals surface area contributed by atoms with Crippen LogP contribution in [-0.4, -0.2) is 21.3 Å². The first-order valence-electron chi connectivity index (χ1n) is 6.17. The van der Waals surface area contributed by atoms with Crippen molar-refractivity contribution in [3.8, 4) is 5.75 Å². The Morgan fingerprint density at radius 2 is 1.94 bits per heavy atom. The molecule has 1 rings (SSSR count). The third-order valence-corrected chi connectivity index (χ3v) is 4.31. The first-order chi connectivity index (χ1) is 8.54. The van der Waals surface area contributed by atoms with Crippen LogP contribution in [0.1, 0.15) is 38.3 Å². The minimum atomic E-state index is -3.22. The molecule has 5 heteroatoms. The Kier molecular flexibility index (Phi) is 5.62. The third-order valence-electron chi connectivity index (χ3n) is 2.72. The second-order valence-corrected chi connectivity index (χ2v) is 6.01. The monoisotopic (exact) mass is 271 g/mol. The van der Waals surface area contributed by atoms with Crippen LogP contribution in [0.15, 0.2) is 24.3 Å². The van der Waals surface area contributed by atoms with Crippen molar-refractivity contribution >= 4 is 10.0 Å². The van der Waals surface area contributed by atoms with E-state index < -0.39 is 10.0 Å². The number of ether oxygens (including phenoxy) is 1. The van der Waals surface area contributed by atoms with E-state index in [1.165, 1.54) is 0 Å². The summed E-state index contributed by atoms with van der Waals surface area (Å²) in [7, 11) is -1.63. The molecule has 1 aromatic carbocycles. The molecule has 1 N–H and O–H groups in total. The van der Waals surface area contributed by atoms with Crippen molar-refractivity contribution in [1.82, 2.24) is 4.72 Å². The molecule has 4 nitrogen and oxygen atoms in total. The van der Waals surface area contributed by atoms with Gasteiger partial charge in [0.2, 0.25) is 10.0 Å². The van der Waals surface area contributed by atoms with Gasteiger partial charge in [0.05, 0.1) is 18.9 Å². The maximum atomic E-state index is 11.8. The van der Waals surface area contributed by atoms with Crippen LogP contribution in [0.5, 0.6) is 5.75 Å². The van der Waals surface area contributed by atoms with Gasteiger partial charge in [-0.1, -0.05) is 32.0 Å². The molecule has 1 unspecified atom stereocenters. The molecule has 0 bridgehead atoms. The van der Waals surface area contributed by atoms with E-state index in [1.807, 2.05) is 38.1 Å². The molecule has 0 aliphatic heterocycles. The first-order valence-corrected chi connectivity index (χ1v) is 7.82. The molecule has 0 heterocycles. The van der Waals surface area contributed by atoms with E-state index in [0.29, 0.717) is 18.6 Å². The Balaban J connectivity index is 2.96. The Bertz CT molecular complexity index is 471. The molecule has 0 aliphatic rings. The molecule has 0 spiro atoms. The molecule has 0 saturated heterocycles. The van der Waals surface area contributed by atoms with Crippen LogP contribution in [-0.2, 0) is 10.0 Å². The normalized spacial score (nSPS) is 13.3. The van der Waals surface area contributed by atoms with E-state index in [1.54, 1.807) is 7.11 Å². The van der Waals surface area contributed by atoms with Gasteiger partial charge in [-0.2, -0.15) is 0 Å². The van der Waals surface area contributed by atoms with Crippen LogP contribution in [0.4, 0.5) is 0 Å². The summed E-state index contributed by atoms with van der Waals surface area (Å²) >= 11 is 0. The molecule has 0 saturated carbocycles. The Morgan fingerprint density at radius 3 is 2.50 bits per heavy atom. The van der Waals surface area contributed by atoms with E-state index in [2.05, 4.69) is 4.72 Å². The smallest absolute Gasteiger partial charge is 0.212 e. The highest BCUT2D eigenvalue weighted by molar-refractivity contribution is 7.89. The van der Waals surface area contributed by atoms with Crippen molar-refractivity contribution < 1.29 is 13.2 Å². The van der Waals surface area contributed by atoms with E-state index in [9.17, 15) is 8.42 Å². The standard InChI is InChI=1S/C13H21NO3S/c1-4-10-18(15,16)14-12(5-2)11-8-6-7-9-13(11)17-3/h6-9,12,14H,4-5,10H2,1-3H3. The molecule has 1 atom stereocenters. The summed E-state index contributed by atoms with van der Waals surface area (Å²) in [5, 5.41) is 0. The Morgan fingerprint density at radius 1 is 1.28 bits per heavy atom. The van der Waals surface area contributed by atoms with E-state index in [-0.39, 0.29) is 11.8 Å². The van der Waals surface area contributed by atoms with Gasteiger partial charge in [-0.3, -0.25) is 0 Å². The van der Waals surface area contributed by atoms with Crippen LogP contribution < -0.4 is 9.46 Å². The zero-order chi connectivity index (χ0) is 13.6. The molecule has 0 aliphatic carbocycles. The van der Waals surface area contributed by atoms with Gasteiger partial charge in [0.25, 0.3) is 0 Å². The second-order valence-electron chi connectivity index (χ2n) is 4.14. The van der Waals surface area contributed by atoms with Gasteiger partial charge >= 0.3 is 0 Å². The Labute approximate surface area is 109 Å². The summed E-state index contributed by atoms with van der Waals surface area (Å²) < 4.78 is 31.6. The summed E-state index contributed by atoms with van der Waals surface area (Å²) in [4.78, 5) is 0. The highest BCUT2D eigenvalue weighted by Gasteiger charge is 2.19. The number of benzene rings is 1. The minimum absolute atomic E-state index is 0.151. The highest BCUT2D eigenvalue weighted by atomic mass is 32.2. The van der Waals surface area contributed by atoms with E-state index in [0.717, 1.165) is 5.56 Å².